The van der Waals surface area contributed by atoms with E-state index in [0.717, 1.165) is 16.0 Å². The van der Waals surface area contributed by atoms with Gasteiger partial charge in [-0.15, -0.1) is 11.3 Å². The average molecular weight is 761 g/mol. The molecule has 6 N–H and O–H groups in total. The van der Waals surface area contributed by atoms with Crippen molar-refractivity contribution in [1.82, 2.24) is 21.3 Å². The number of aromatic hydroxyl groups is 1. The van der Waals surface area contributed by atoms with Crippen LogP contribution >= 0.6 is 11.3 Å². The van der Waals surface area contributed by atoms with Crippen molar-refractivity contribution in [3.63, 3.8) is 0 Å². The van der Waals surface area contributed by atoms with E-state index >= 15 is 0 Å². The second-order valence-corrected chi connectivity index (χ2v) is 14.2. The van der Waals surface area contributed by atoms with Crippen molar-refractivity contribution < 1.29 is 38.9 Å². The van der Waals surface area contributed by atoms with Gasteiger partial charge in [0, 0.05) is 30.6 Å². The van der Waals surface area contributed by atoms with Crippen molar-refractivity contribution in [3.8, 4) is 22.6 Å². The zero-order valence-electron chi connectivity index (χ0n) is 29.6. The molecule has 55 heavy (non-hydrogen) atoms. The van der Waals surface area contributed by atoms with Gasteiger partial charge in [-0.1, -0.05) is 84.9 Å². The van der Waals surface area contributed by atoms with Crippen LogP contribution in [-0.2, 0) is 49.7 Å². The first-order valence-corrected chi connectivity index (χ1v) is 18.6. The van der Waals surface area contributed by atoms with Crippen molar-refractivity contribution in [1.29, 1.82) is 0 Å². The van der Waals surface area contributed by atoms with Crippen LogP contribution in [0.1, 0.15) is 21.6 Å². The molecule has 4 atom stereocenters. The highest BCUT2D eigenvalue weighted by Gasteiger charge is 2.32. The minimum Gasteiger partial charge on any atom is -0.508 e. The van der Waals surface area contributed by atoms with Gasteiger partial charge in [-0.2, -0.15) is 0 Å². The second-order valence-electron chi connectivity index (χ2n) is 13.2. The Bertz CT molecular complexity index is 2090. The number of carbonyl (C=O) groups is 5. The highest BCUT2D eigenvalue weighted by molar-refractivity contribution is 7.09. The maximum absolute atomic E-state index is 14.3. The lowest BCUT2D eigenvalue weighted by Gasteiger charge is -2.26. The van der Waals surface area contributed by atoms with E-state index in [-0.39, 0.29) is 31.4 Å². The van der Waals surface area contributed by atoms with Crippen molar-refractivity contribution in [2.24, 2.45) is 0 Å². The molecular formula is C42H40N4O8S. The van der Waals surface area contributed by atoms with Crippen LogP contribution in [0.15, 0.2) is 121 Å². The van der Waals surface area contributed by atoms with Crippen LogP contribution in [0.4, 0.5) is 0 Å². The molecule has 0 saturated carbocycles. The minimum absolute atomic E-state index is 0.00496. The van der Waals surface area contributed by atoms with Crippen LogP contribution in [0.3, 0.4) is 0 Å². The number of carbonyl (C=O) groups excluding carboxylic acids is 4. The smallest absolute Gasteiger partial charge is 0.326 e. The Labute approximate surface area is 321 Å². The number of carboxylic acid groups (broad SMARTS) is 1. The van der Waals surface area contributed by atoms with Crippen molar-refractivity contribution in [3.05, 3.63) is 142 Å². The van der Waals surface area contributed by atoms with Crippen molar-refractivity contribution in [2.75, 3.05) is 6.61 Å². The first-order chi connectivity index (χ1) is 26.6. The van der Waals surface area contributed by atoms with E-state index in [1.165, 1.54) is 23.5 Å². The number of nitrogens with one attached hydrogen (secondary N) is 4. The summed E-state index contributed by atoms with van der Waals surface area (Å²) in [5.74, 6) is -3.59. The number of hydrogen-bond donors (Lipinski definition) is 6. The molecule has 0 saturated heterocycles. The number of thiophene rings is 1. The Morgan fingerprint density at radius 2 is 1.20 bits per heavy atom. The number of amides is 4. The maximum Gasteiger partial charge on any atom is 0.326 e. The highest BCUT2D eigenvalue weighted by Crippen LogP contribution is 2.21. The van der Waals surface area contributed by atoms with E-state index in [0.29, 0.717) is 22.4 Å². The van der Waals surface area contributed by atoms with E-state index < -0.39 is 60.4 Å². The summed E-state index contributed by atoms with van der Waals surface area (Å²) in [6.45, 7) is -0.405. The van der Waals surface area contributed by atoms with E-state index in [2.05, 4.69) is 21.3 Å². The lowest BCUT2D eigenvalue weighted by atomic mass is 9.99. The van der Waals surface area contributed by atoms with Crippen LogP contribution in [-0.4, -0.2) is 70.6 Å². The first-order valence-electron chi connectivity index (χ1n) is 17.7. The van der Waals surface area contributed by atoms with Crippen LogP contribution in [0, 0.1) is 0 Å². The van der Waals surface area contributed by atoms with Crippen LogP contribution in [0.25, 0.3) is 11.1 Å². The topological polar surface area (TPSA) is 183 Å². The molecule has 0 spiro atoms. The monoisotopic (exact) mass is 760 g/mol. The predicted octanol–water partition coefficient (Wildman–Crippen LogP) is 3.81. The van der Waals surface area contributed by atoms with Gasteiger partial charge in [0.15, 0.2) is 6.61 Å². The number of phenolic OH excluding ortho intramolecular Hbond substituents is 1. The van der Waals surface area contributed by atoms with Gasteiger partial charge in [-0.05, 0) is 63.5 Å². The summed E-state index contributed by atoms with van der Waals surface area (Å²) < 4.78 is 5.68. The summed E-state index contributed by atoms with van der Waals surface area (Å²) in [7, 11) is 0. The van der Waals surface area contributed by atoms with Gasteiger partial charge >= 0.3 is 5.97 Å². The van der Waals surface area contributed by atoms with E-state index in [1.54, 1.807) is 36.4 Å². The minimum atomic E-state index is -1.36. The molecule has 1 aromatic heterocycles. The summed E-state index contributed by atoms with van der Waals surface area (Å²) in [6, 6.07) is 28.5. The molecule has 2 aliphatic rings. The third kappa shape index (κ3) is 10.8. The summed E-state index contributed by atoms with van der Waals surface area (Å²) in [4.78, 5) is 68.7. The van der Waals surface area contributed by atoms with Gasteiger partial charge in [-0.25, -0.2) is 4.79 Å². The van der Waals surface area contributed by atoms with Gasteiger partial charge in [0.1, 0.15) is 35.7 Å². The lowest BCUT2D eigenvalue weighted by Crippen LogP contribution is -2.59. The highest BCUT2D eigenvalue weighted by atomic mass is 32.1. The number of aliphatic carboxylic acids is 1. The average Bonchev–Trinajstić information content (AvgIpc) is 3.71. The molecule has 282 valence electrons. The molecule has 4 amide bonds. The third-order valence-electron chi connectivity index (χ3n) is 9.13. The molecule has 13 heteroatoms. The van der Waals surface area contributed by atoms with Gasteiger partial charge in [0.05, 0.1) is 0 Å². The molecule has 2 aliphatic heterocycles. The quantitative estimate of drug-likeness (QED) is 0.129. The Hall–Kier alpha value is -6.47. The van der Waals surface area contributed by atoms with Gasteiger partial charge in [0.2, 0.25) is 17.7 Å². The fourth-order valence-corrected chi connectivity index (χ4v) is 6.94. The fourth-order valence-electron chi connectivity index (χ4n) is 6.18. The van der Waals surface area contributed by atoms with E-state index in [9.17, 15) is 34.2 Å². The normalized spacial score (nSPS) is 19.7. The molecule has 0 unspecified atom stereocenters. The van der Waals surface area contributed by atoms with Crippen molar-refractivity contribution >= 4 is 40.9 Å². The van der Waals surface area contributed by atoms with Gasteiger partial charge in [0.25, 0.3) is 5.91 Å². The summed E-state index contributed by atoms with van der Waals surface area (Å²) in [6.07, 6.45) is 0.0325. The fraction of sp³-hybridized carbons (Fsp3) is 0.214. The van der Waals surface area contributed by atoms with Crippen molar-refractivity contribution in [2.45, 2.75) is 49.9 Å². The zero-order valence-corrected chi connectivity index (χ0v) is 30.5. The first kappa shape index (κ1) is 38.3. The Morgan fingerprint density at radius 3 is 1.78 bits per heavy atom. The standard InChI is InChI=1S/C42H40N4O8S/c47-31-16-10-27(11-17-31)22-35-40(50)46-37(42(52)53)23-28-12-18-32(19-13-28)54-25-38(48)43-36(24-33-7-4-20-55-33)41(51)45-34(39(49)44-35)21-26-8-14-30(15-9-26)29-5-2-1-3-6-29/h1-20,34-37,47H,21-25H2,(H,43,48)(H,44,49)(H,45,51)(H,46,50)(H,52,53)/t34-,35+,36+,37-/m0/s1. The molecule has 5 aromatic rings. The molecule has 2 bridgehead atoms. The second kappa shape index (κ2) is 18.0. The third-order valence-corrected chi connectivity index (χ3v) is 10.0. The number of phenols is 1. The number of fused-ring (bicyclic) bond motifs is 16. The van der Waals surface area contributed by atoms with E-state index in [4.69, 9.17) is 4.74 Å². The Kier molecular flexibility index (Phi) is 12.5. The van der Waals surface area contributed by atoms with Crippen LogP contribution < -0.4 is 26.0 Å². The largest absolute Gasteiger partial charge is 0.508 e. The summed E-state index contributed by atoms with van der Waals surface area (Å²) in [5, 5.41) is 32.7. The lowest BCUT2D eigenvalue weighted by molar-refractivity contribution is -0.142. The maximum atomic E-state index is 14.3. The molecule has 3 heterocycles. The molecule has 7 rings (SSSR count). The Balaban J connectivity index is 1.34. The van der Waals surface area contributed by atoms with E-state index in [1.807, 2.05) is 72.1 Å². The summed E-state index contributed by atoms with van der Waals surface area (Å²) in [5.41, 5.74) is 3.82. The summed E-state index contributed by atoms with van der Waals surface area (Å²) >= 11 is 1.41. The predicted molar refractivity (Wildman–Crippen MR) is 206 cm³/mol. The zero-order chi connectivity index (χ0) is 38.7. The molecule has 0 fully saturated rings. The Morgan fingerprint density at radius 1 is 0.636 bits per heavy atom. The molecule has 12 nitrogen and oxygen atoms in total. The van der Waals surface area contributed by atoms with Gasteiger partial charge < -0.3 is 36.2 Å². The van der Waals surface area contributed by atoms with Crippen LogP contribution in [0.2, 0.25) is 0 Å². The molecule has 0 aliphatic carbocycles. The van der Waals surface area contributed by atoms with Gasteiger partial charge in [-0.3, -0.25) is 19.2 Å². The SMILES string of the molecule is O=C1COc2ccc(cc2)C[C@@H](C(=O)O)NC(=O)[C@@H](Cc2ccc(O)cc2)NC(=O)[C@H](Cc2ccc(-c3ccccc3)cc2)NC(=O)[C@@H](Cc2cccs2)N1. The van der Waals surface area contributed by atoms with Crippen LogP contribution in [0.5, 0.6) is 11.5 Å². The molecule has 0 radical (unpaired) electrons. The number of carboxylic acids is 1. The molecular weight excluding hydrogens is 721 g/mol. The number of benzene rings is 4. The number of rotatable bonds is 8. The number of hydrogen-bond acceptors (Lipinski definition) is 8. The molecule has 4 aromatic carbocycles. The number of ether oxygens (including phenoxy) is 1.